The van der Waals surface area contributed by atoms with Crippen LogP contribution in [-0.2, 0) is 11.8 Å². The van der Waals surface area contributed by atoms with Crippen molar-refractivity contribution in [3.63, 3.8) is 0 Å². The molecule has 0 unspecified atom stereocenters. The third-order valence-corrected chi connectivity index (χ3v) is 3.82. The van der Waals surface area contributed by atoms with Crippen molar-refractivity contribution in [3.8, 4) is 0 Å². The molecule has 0 aromatic carbocycles. The molecule has 0 saturated heterocycles. The molecule has 1 aliphatic rings. The number of carboxylic acid groups (broad SMARTS) is 1. The number of carbonyl (C=O) groups excluding carboxylic acids is 1. The summed E-state index contributed by atoms with van der Waals surface area (Å²) < 4.78 is 1.60. The van der Waals surface area contributed by atoms with E-state index in [1.807, 2.05) is 0 Å². The lowest BCUT2D eigenvalue weighted by molar-refractivity contribution is -0.141. The maximum atomic E-state index is 12.0. The highest BCUT2D eigenvalue weighted by molar-refractivity contribution is 5.95. The molecule has 0 bridgehead atoms. The van der Waals surface area contributed by atoms with Gasteiger partial charge in [0.15, 0.2) is 0 Å². The standard InChI is InChI=1S/C13H19N3O3/c1-9-10(7-16(2)15-9)12(19)14-8-13(4-3-5-13)6-11(17)18/h7H,3-6,8H2,1-2H3,(H,14,19)(H,17,18). The first kappa shape index (κ1) is 13.6. The van der Waals surface area contributed by atoms with E-state index in [1.165, 1.54) is 0 Å². The molecule has 2 N–H and O–H groups in total. The summed E-state index contributed by atoms with van der Waals surface area (Å²) in [6.45, 7) is 2.21. The van der Waals surface area contributed by atoms with E-state index in [0.29, 0.717) is 17.8 Å². The second kappa shape index (κ2) is 5.03. The third-order valence-electron chi connectivity index (χ3n) is 3.82. The zero-order valence-electron chi connectivity index (χ0n) is 11.3. The second-order valence-electron chi connectivity index (χ2n) is 5.41. The first-order chi connectivity index (χ1) is 8.92. The molecule has 19 heavy (non-hydrogen) atoms. The number of aryl methyl sites for hydroxylation is 2. The minimum atomic E-state index is -0.800. The van der Waals surface area contributed by atoms with Gasteiger partial charge in [-0.1, -0.05) is 6.42 Å². The predicted octanol–water partition coefficient (Wildman–Crippen LogP) is 1.10. The van der Waals surface area contributed by atoms with E-state index in [2.05, 4.69) is 10.4 Å². The molecule has 0 aliphatic heterocycles. The minimum Gasteiger partial charge on any atom is -0.481 e. The quantitative estimate of drug-likeness (QED) is 0.835. The third kappa shape index (κ3) is 2.94. The van der Waals surface area contributed by atoms with Gasteiger partial charge in [0.1, 0.15) is 0 Å². The van der Waals surface area contributed by atoms with Crippen molar-refractivity contribution in [1.29, 1.82) is 0 Å². The van der Waals surface area contributed by atoms with Crippen molar-refractivity contribution in [2.24, 2.45) is 12.5 Å². The summed E-state index contributed by atoms with van der Waals surface area (Å²) in [5, 5.41) is 15.9. The fourth-order valence-corrected chi connectivity index (χ4v) is 2.60. The van der Waals surface area contributed by atoms with Crippen molar-refractivity contribution < 1.29 is 14.7 Å². The maximum absolute atomic E-state index is 12.0. The van der Waals surface area contributed by atoms with Crippen molar-refractivity contribution in [3.05, 3.63) is 17.5 Å². The molecule has 1 aliphatic carbocycles. The van der Waals surface area contributed by atoms with Crippen LogP contribution in [0.4, 0.5) is 0 Å². The highest BCUT2D eigenvalue weighted by atomic mass is 16.4. The summed E-state index contributed by atoms with van der Waals surface area (Å²) >= 11 is 0. The number of aliphatic carboxylic acids is 1. The normalized spacial score (nSPS) is 16.7. The fraction of sp³-hybridized carbons (Fsp3) is 0.615. The van der Waals surface area contributed by atoms with Crippen LogP contribution in [0.2, 0.25) is 0 Å². The van der Waals surface area contributed by atoms with Gasteiger partial charge in [0.05, 0.1) is 17.7 Å². The number of hydrogen-bond acceptors (Lipinski definition) is 3. The number of rotatable bonds is 5. The molecule has 0 radical (unpaired) electrons. The highest BCUT2D eigenvalue weighted by Gasteiger charge is 2.39. The molecule has 1 aromatic heterocycles. The van der Waals surface area contributed by atoms with Crippen LogP contribution in [0.3, 0.4) is 0 Å². The first-order valence-electron chi connectivity index (χ1n) is 6.42. The summed E-state index contributed by atoms with van der Waals surface area (Å²) in [5.74, 6) is -0.978. The summed E-state index contributed by atoms with van der Waals surface area (Å²) in [5.41, 5.74) is 0.977. The Balaban J connectivity index is 1.96. The van der Waals surface area contributed by atoms with E-state index in [0.717, 1.165) is 19.3 Å². The summed E-state index contributed by atoms with van der Waals surface area (Å²) in [6, 6.07) is 0. The van der Waals surface area contributed by atoms with Crippen LogP contribution in [0.5, 0.6) is 0 Å². The first-order valence-corrected chi connectivity index (χ1v) is 6.42. The summed E-state index contributed by atoms with van der Waals surface area (Å²) in [4.78, 5) is 22.9. The number of aromatic nitrogens is 2. The topological polar surface area (TPSA) is 84.2 Å². The van der Waals surface area contributed by atoms with Gasteiger partial charge in [-0.15, -0.1) is 0 Å². The Morgan fingerprint density at radius 3 is 2.63 bits per heavy atom. The van der Waals surface area contributed by atoms with Gasteiger partial charge in [-0.3, -0.25) is 14.3 Å². The molecular formula is C13H19N3O3. The molecule has 0 atom stereocenters. The van der Waals surface area contributed by atoms with Gasteiger partial charge in [0.2, 0.25) is 0 Å². The Morgan fingerprint density at radius 2 is 2.21 bits per heavy atom. The van der Waals surface area contributed by atoms with Crippen LogP contribution < -0.4 is 5.32 Å². The molecule has 6 nitrogen and oxygen atoms in total. The van der Waals surface area contributed by atoms with Crippen LogP contribution in [0.1, 0.15) is 41.7 Å². The van der Waals surface area contributed by atoms with E-state index in [-0.39, 0.29) is 17.7 Å². The average molecular weight is 265 g/mol. The molecule has 1 saturated carbocycles. The van der Waals surface area contributed by atoms with E-state index < -0.39 is 5.97 Å². The minimum absolute atomic E-state index is 0.124. The zero-order chi connectivity index (χ0) is 14.0. The largest absolute Gasteiger partial charge is 0.481 e. The molecular weight excluding hydrogens is 246 g/mol. The smallest absolute Gasteiger partial charge is 0.303 e. The average Bonchev–Trinajstić information content (AvgIpc) is 2.60. The van der Waals surface area contributed by atoms with E-state index in [1.54, 1.807) is 24.9 Å². The van der Waals surface area contributed by atoms with Gasteiger partial charge in [-0.2, -0.15) is 5.10 Å². The number of nitrogens with zero attached hydrogens (tertiary/aromatic N) is 2. The number of nitrogens with one attached hydrogen (secondary N) is 1. The summed E-state index contributed by atoms with van der Waals surface area (Å²) in [6.07, 6.45) is 4.57. The van der Waals surface area contributed by atoms with Gasteiger partial charge in [0, 0.05) is 19.8 Å². The lowest BCUT2D eigenvalue weighted by Crippen LogP contribution is -2.43. The number of carboxylic acids is 1. The van der Waals surface area contributed by atoms with Crippen LogP contribution in [0, 0.1) is 12.3 Å². The monoisotopic (exact) mass is 265 g/mol. The fourth-order valence-electron chi connectivity index (χ4n) is 2.60. The highest BCUT2D eigenvalue weighted by Crippen LogP contribution is 2.43. The van der Waals surface area contributed by atoms with Crippen LogP contribution in [0.25, 0.3) is 0 Å². The Morgan fingerprint density at radius 1 is 1.53 bits per heavy atom. The van der Waals surface area contributed by atoms with Crippen molar-refractivity contribution in [2.75, 3.05) is 6.54 Å². The SMILES string of the molecule is Cc1nn(C)cc1C(=O)NCC1(CC(=O)O)CCC1. The van der Waals surface area contributed by atoms with Gasteiger partial charge in [-0.25, -0.2) is 0 Å². The van der Waals surface area contributed by atoms with Crippen LogP contribution in [-0.4, -0.2) is 33.3 Å². The molecule has 6 heteroatoms. The number of hydrogen-bond donors (Lipinski definition) is 2. The Hall–Kier alpha value is -1.85. The Labute approximate surface area is 111 Å². The van der Waals surface area contributed by atoms with Crippen LogP contribution >= 0.6 is 0 Å². The second-order valence-corrected chi connectivity index (χ2v) is 5.41. The zero-order valence-corrected chi connectivity index (χ0v) is 11.3. The molecule has 1 heterocycles. The number of amides is 1. The van der Waals surface area contributed by atoms with E-state index in [9.17, 15) is 9.59 Å². The van der Waals surface area contributed by atoms with E-state index in [4.69, 9.17) is 5.11 Å². The maximum Gasteiger partial charge on any atom is 0.303 e. The van der Waals surface area contributed by atoms with Crippen molar-refractivity contribution >= 4 is 11.9 Å². The van der Waals surface area contributed by atoms with Crippen LogP contribution in [0.15, 0.2) is 6.20 Å². The predicted molar refractivity (Wildman–Crippen MR) is 68.8 cm³/mol. The Bertz CT molecular complexity index is 503. The lowest BCUT2D eigenvalue weighted by Gasteiger charge is -2.40. The molecule has 1 aromatic rings. The van der Waals surface area contributed by atoms with Gasteiger partial charge in [0.25, 0.3) is 5.91 Å². The van der Waals surface area contributed by atoms with Gasteiger partial charge < -0.3 is 10.4 Å². The van der Waals surface area contributed by atoms with Gasteiger partial charge in [-0.05, 0) is 25.2 Å². The molecule has 2 rings (SSSR count). The Kier molecular flexibility index (Phi) is 3.59. The molecule has 1 fully saturated rings. The summed E-state index contributed by atoms with van der Waals surface area (Å²) in [7, 11) is 1.77. The lowest BCUT2D eigenvalue weighted by atomic mass is 9.66. The van der Waals surface area contributed by atoms with Gasteiger partial charge >= 0.3 is 5.97 Å². The molecule has 1 amide bonds. The molecule has 104 valence electrons. The van der Waals surface area contributed by atoms with Crippen molar-refractivity contribution in [1.82, 2.24) is 15.1 Å². The number of carbonyl (C=O) groups is 2. The van der Waals surface area contributed by atoms with E-state index >= 15 is 0 Å². The molecule has 0 spiro atoms. The van der Waals surface area contributed by atoms with Crippen molar-refractivity contribution in [2.45, 2.75) is 32.6 Å².